The van der Waals surface area contributed by atoms with Gasteiger partial charge in [0.25, 0.3) is 0 Å². The Hall–Kier alpha value is -1.61. The van der Waals surface area contributed by atoms with Crippen LogP contribution in [0.2, 0.25) is 0 Å². The number of hydrogen-bond acceptors (Lipinski definition) is 4. The number of phosphoric ester groups is 1. The van der Waals surface area contributed by atoms with Crippen molar-refractivity contribution < 1.29 is 18.1 Å². The van der Waals surface area contributed by atoms with E-state index in [2.05, 4.69) is 0 Å². The van der Waals surface area contributed by atoms with Crippen LogP contribution >= 0.6 is 7.82 Å². The SMILES string of the molecule is O=[P@@]1(Oc2ccccc2)OCC[C@H](Cc2ccccc2)O1. The molecule has 1 saturated heterocycles. The van der Waals surface area contributed by atoms with E-state index < -0.39 is 7.82 Å². The molecule has 0 bridgehead atoms. The maximum absolute atomic E-state index is 12.5. The Balaban J connectivity index is 1.66. The predicted molar refractivity (Wildman–Crippen MR) is 80.3 cm³/mol. The summed E-state index contributed by atoms with van der Waals surface area (Å²) >= 11 is 0. The van der Waals surface area contributed by atoms with Gasteiger partial charge in [-0.3, -0.25) is 9.05 Å². The normalized spacial score (nSPS) is 25.4. The molecular weight excluding hydrogens is 287 g/mol. The molecule has 1 heterocycles. The standard InChI is InChI=1S/C16H17O4P/c17-21(19-15-9-5-2-6-10-15)18-12-11-16(20-21)13-14-7-3-1-4-8-14/h1-10,16H,11-13H2/t16-,21+/m1/s1. The van der Waals surface area contributed by atoms with Crippen LogP contribution in [0.4, 0.5) is 0 Å². The molecule has 2 atom stereocenters. The Bertz CT molecular complexity index is 615. The molecule has 0 saturated carbocycles. The molecule has 0 aromatic heterocycles. The molecule has 0 radical (unpaired) electrons. The highest BCUT2D eigenvalue weighted by molar-refractivity contribution is 7.49. The molecule has 21 heavy (non-hydrogen) atoms. The molecular formula is C16H17O4P. The molecule has 3 rings (SSSR count). The molecule has 1 fully saturated rings. The van der Waals surface area contributed by atoms with Crippen molar-refractivity contribution in [2.45, 2.75) is 18.9 Å². The fourth-order valence-electron chi connectivity index (χ4n) is 2.24. The largest absolute Gasteiger partial charge is 0.530 e. The van der Waals surface area contributed by atoms with Gasteiger partial charge in [-0.25, -0.2) is 4.57 Å². The first-order valence-electron chi connectivity index (χ1n) is 6.95. The third-order valence-electron chi connectivity index (χ3n) is 3.23. The van der Waals surface area contributed by atoms with Crippen molar-refractivity contribution in [3.8, 4) is 5.75 Å². The highest BCUT2D eigenvalue weighted by Gasteiger charge is 2.36. The lowest BCUT2D eigenvalue weighted by molar-refractivity contribution is 0.0518. The zero-order valence-electron chi connectivity index (χ0n) is 11.6. The van der Waals surface area contributed by atoms with E-state index in [-0.39, 0.29) is 6.10 Å². The van der Waals surface area contributed by atoms with Gasteiger partial charge in [0.05, 0.1) is 12.7 Å². The van der Waals surface area contributed by atoms with Gasteiger partial charge in [0.1, 0.15) is 5.75 Å². The maximum atomic E-state index is 12.5. The van der Waals surface area contributed by atoms with Crippen LogP contribution in [0.25, 0.3) is 0 Å². The van der Waals surface area contributed by atoms with E-state index in [4.69, 9.17) is 13.6 Å². The van der Waals surface area contributed by atoms with Gasteiger partial charge < -0.3 is 4.52 Å². The number of hydrogen-bond donors (Lipinski definition) is 0. The van der Waals surface area contributed by atoms with Gasteiger partial charge in [-0.15, -0.1) is 0 Å². The minimum Gasteiger partial charge on any atom is -0.404 e. The van der Waals surface area contributed by atoms with Crippen LogP contribution in [0.5, 0.6) is 5.75 Å². The van der Waals surface area contributed by atoms with E-state index in [0.29, 0.717) is 25.2 Å². The fraction of sp³-hybridized carbons (Fsp3) is 0.250. The van der Waals surface area contributed by atoms with Crippen molar-refractivity contribution in [3.63, 3.8) is 0 Å². The molecule has 2 aromatic carbocycles. The highest BCUT2D eigenvalue weighted by Crippen LogP contribution is 2.53. The van der Waals surface area contributed by atoms with Crippen LogP contribution in [-0.4, -0.2) is 12.7 Å². The van der Waals surface area contributed by atoms with Crippen molar-refractivity contribution in [2.75, 3.05) is 6.61 Å². The van der Waals surface area contributed by atoms with Crippen molar-refractivity contribution in [2.24, 2.45) is 0 Å². The molecule has 1 aliphatic heterocycles. The number of para-hydroxylation sites is 1. The lowest BCUT2D eigenvalue weighted by atomic mass is 10.1. The van der Waals surface area contributed by atoms with E-state index in [1.807, 2.05) is 48.5 Å². The second-order valence-electron chi connectivity index (χ2n) is 4.89. The van der Waals surface area contributed by atoms with Gasteiger partial charge in [-0.2, -0.15) is 0 Å². The molecule has 0 spiro atoms. The summed E-state index contributed by atoms with van der Waals surface area (Å²) in [7, 11) is -3.53. The summed E-state index contributed by atoms with van der Waals surface area (Å²) in [5, 5.41) is 0. The molecule has 1 aliphatic rings. The number of phosphoric acid groups is 1. The average Bonchev–Trinajstić information content (AvgIpc) is 2.49. The summed E-state index contributed by atoms with van der Waals surface area (Å²) in [4.78, 5) is 0. The molecule has 5 heteroatoms. The lowest BCUT2D eigenvalue weighted by Crippen LogP contribution is -2.24. The van der Waals surface area contributed by atoms with Gasteiger partial charge in [0.2, 0.25) is 0 Å². The zero-order chi connectivity index (χ0) is 14.5. The molecule has 4 nitrogen and oxygen atoms in total. The lowest BCUT2D eigenvalue weighted by Gasteiger charge is -2.28. The number of rotatable bonds is 4. The Morgan fingerprint density at radius 2 is 1.71 bits per heavy atom. The maximum Gasteiger partial charge on any atom is 0.530 e. The quantitative estimate of drug-likeness (QED) is 0.793. The smallest absolute Gasteiger partial charge is 0.404 e. The summed E-state index contributed by atoms with van der Waals surface area (Å²) in [5.74, 6) is 0.487. The molecule has 0 aliphatic carbocycles. The van der Waals surface area contributed by atoms with E-state index in [1.165, 1.54) is 0 Å². The monoisotopic (exact) mass is 304 g/mol. The van der Waals surface area contributed by atoms with Crippen molar-refractivity contribution in [1.29, 1.82) is 0 Å². The van der Waals surface area contributed by atoms with Crippen LogP contribution in [0, 0.1) is 0 Å². The van der Waals surface area contributed by atoms with Gasteiger partial charge in [-0.1, -0.05) is 48.5 Å². The number of benzene rings is 2. The molecule has 2 aromatic rings. The average molecular weight is 304 g/mol. The van der Waals surface area contributed by atoms with Crippen LogP contribution < -0.4 is 4.52 Å². The van der Waals surface area contributed by atoms with Gasteiger partial charge in [0.15, 0.2) is 0 Å². The first kappa shape index (κ1) is 14.3. The van der Waals surface area contributed by atoms with E-state index in [1.54, 1.807) is 12.1 Å². The third-order valence-corrected chi connectivity index (χ3v) is 4.72. The summed E-state index contributed by atoms with van der Waals surface area (Å²) in [5.41, 5.74) is 1.15. The second kappa shape index (κ2) is 6.44. The van der Waals surface area contributed by atoms with Crippen molar-refractivity contribution in [3.05, 3.63) is 66.2 Å². The van der Waals surface area contributed by atoms with Gasteiger partial charge >= 0.3 is 7.82 Å². The summed E-state index contributed by atoms with van der Waals surface area (Å²) in [6.45, 7) is 0.377. The highest BCUT2D eigenvalue weighted by atomic mass is 31.2. The first-order valence-corrected chi connectivity index (χ1v) is 8.41. The van der Waals surface area contributed by atoms with Gasteiger partial charge in [-0.05, 0) is 30.5 Å². The molecule has 0 N–H and O–H groups in total. The molecule has 0 amide bonds. The predicted octanol–water partition coefficient (Wildman–Crippen LogP) is 4.22. The minimum atomic E-state index is -3.53. The van der Waals surface area contributed by atoms with Crippen LogP contribution in [0.3, 0.4) is 0 Å². The molecule has 0 unspecified atom stereocenters. The van der Waals surface area contributed by atoms with Crippen molar-refractivity contribution >= 4 is 7.82 Å². The van der Waals surface area contributed by atoms with Gasteiger partial charge in [0, 0.05) is 0 Å². The fourth-order valence-corrected chi connectivity index (χ4v) is 3.65. The summed E-state index contributed by atoms with van der Waals surface area (Å²) in [6.07, 6.45) is 1.25. The topological polar surface area (TPSA) is 44.8 Å². The summed E-state index contributed by atoms with van der Waals surface area (Å²) in [6, 6.07) is 18.9. The minimum absolute atomic E-state index is 0.157. The van der Waals surface area contributed by atoms with E-state index in [0.717, 1.165) is 5.56 Å². The Morgan fingerprint density at radius 1 is 1.05 bits per heavy atom. The zero-order valence-corrected chi connectivity index (χ0v) is 12.4. The van der Waals surface area contributed by atoms with Crippen molar-refractivity contribution in [1.82, 2.24) is 0 Å². The van der Waals surface area contributed by atoms with Crippen LogP contribution in [0.1, 0.15) is 12.0 Å². The second-order valence-corrected chi connectivity index (χ2v) is 6.44. The third kappa shape index (κ3) is 3.94. The Kier molecular flexibility index (Phi) is 4.39. The van der Waals surface area contributed by atoms with E-state index >= 15 is 0 Å². The van der Waals surface area contributed by atoms with Crippen LogP contribution in [0.15, 0.2) is 60.7 Å². The Labute approximate surface area is 124 Å². The van der Waals surface area contributed by atoms with Crippen LogP contribution in [-0.2, 0) is 20.0 Å². The van der Waals surface area contributed by atoms with E-state index in [9.17, 15) is 4.57 Å². The molecule has 110 valence electrons. The Morgan fingerprint density at radius 3 is 2.43 bits per heavy atom. The first-order chi connectivity index (χ1) is 10.2. The summed E-state index contributed by atoms with van der Waals surface area (Å²) < 4.78 is 28.8.